The summed E-state index contributed by atoms with van der Waals surface area (Å²) < 4.78 is 10.4. The largest absolute Gasteiger partial charge is 0.450 e. The summed E-state index contributed by atoms with van der Waals surface area (Å²) in [5.41, 5.74) is 1.10. The number of furan rings is 1. The Balaban J connectivity index is 1.69. The molecule has 8 heteroatoms. The molecule has 0 saturated carbocycles. The average Bonchev–Trinajstić information content (AvgIpc) is 2.98. The zero-order valence-corrected chi connectivity index (χ0v) is 13.3. The fraction of sp³-hybridized carbons (Fsp3) is 0.133. The van der Waals surface area contributed by atoms with E-state index in [1.54, 1.807) is 30.3 Å². The van der Waals surface area contributed by atoms with Gasteiger partial charge in [-0.05, 0) is 40.2 Å². The van der Waals surface area contributed by atoms with Gasteiger partial charge in [-0.2, -0.15) is 0 Å². The smallest absolute Gasteiger partial charge is 0.374 e. The summed E-state index contributed by atoms with van der Waals surface area (Å²) in [6.07, 6.45) is 0. The molecule has 1 N–H and O–H groups in total. The van der Waals surface area contributed by atoms with Crippen LogP contribution in [0.3, 0.4) is 0 Å². The lowest BCUT2D eigenvalue weighted by Gasteiger charge is -2.28. The van der Waals surface area contributed by atoms with Crippen LogP contribution in [0.15, 0.2) is 45.5 Å². The fourth-order valence-electron chi connectivity index (χ4n) is 2.16. The maximum Gasteiger partial charge on any atom is 0.374 e. The molecule has 1 aromatic heterocycles. The summed E-state index contributed by atoms with van der Waals surface area (Å²) in [7, 11) is 0. The number of carbonyl (C=O) groups is 3. The number of carbonyl (C=O) groups excluding carboxylic acids is 3. The van der Waals surface area contributed by atoms with E-state index in [0.717, 1.165) is 0 Å². The van der Waals surface area contributed by atoms with Crippen LogP contribution in [0.5, 0.6) is 0 Å². The summed E-state index contributed by atoms with van der Waals surface area (Å²) in [6.45, 7) is -0.613. The number of rotatable bonds is 3. The maximum absolute atomic E-state index is 12.3. The van der Waals surface area contributed by atoms with Crippen LogP contribution >= 0.6 is 15.9 Å². The van der Waals surface area contributed by atoms with E-state index in [1.165, 1.54) is 11.0 Å². The molecule has 2 amide bonds. The monoisotopic (exact) mass is 378 g/mol. The zero-order chi connectivity index (χ0) is 16.4. The molecule has 2 aromatic rings. The highest BCUT2D eigenvalue weighted by atomic mass is 79.9. The van der Waals surface area contributed by atoms with Gasteiger partial charge >= 0.3 is 5.97 Å². The lowest BCUT2D eigenvalue weighted by Crippen LogP contribution is -2.44. The van der Waals surface area contributed by atoms with Crippen molar-refractivity contribution in [3.8, 4) is 0 Å². The standard InChI is InChI=1S/C15H11BrN2O5/c16-12-6-5-11(23-12)15(21)22-8-14(20)18-7-13(19)17-9-3-1-2-4-10(9)18/h1-6H,7-8H2,(H,17,19). The van der Waals surface area contributed by atoms with Crippen LogP contribution in [0, 0.1) is 0 Å². The summed E-state index contributed by atoms with van der Waals surface area (Å²) in [6, 6.07) is 9.88. The molecule has 2 heterocycles. The molecule has 23 heavy (non-hydrogen) atoms. The lowest BCUT2D eigenvalue weighted by molar-refractivity contribution is -0.124. The molecule has 0 bridgehead atoms. The number of esters is 1. The van der Waals surface area contributed by atoms with Crippen LogP contribution in [0.25, 0.3) is 0 Å². The molecule has 0 atom stereocenters. The van der Waals surface area contributed by atoms with E-state index in [4.69, 9.17) is 9.15 Å². The number of fused-ring (bicyclic) bond motifs is 1. The number of nitrogens with one attached hydrogen (secondary N) is 1. The van der Waals surface area contributed by atoms with Gasteiger partial charge in [-0.1, -0.05) is 12.1 Å². The molecule has 0 radical (unpaired) electrons. The third-order valence-electron chi connectivity index (χ3n) is 3.17. The van der Waals surface area contributed by atoms with Crippen LogP contribution in [0.4, 0.5) is 11.4 Å². The Bertz CT molecular complexity index is 786. The Labute approximate surface area is 139 Å². The van der Waals surface area contributed by atoms with E-state index in [2.05, 4.69) is 21.2 Å². The number of anilines is 2. The quantitative estimate of drug-likeness (QED) is 0.826. The number of benzene rings is 1. The molecule has 7 nitrogen and oxygen atoms in total. The van der Waals surface area contributed by atoms with Crippen molar-refractivity contribution < 1.29 is 23.5 Å². The van der Waals surface area contributed by atoms with Gasteiger partial charge in [-0.15, -0.1) is 0 Å². The van der Waals surface area contributed by atoms with E-state index >= 15 is 0 Å². The topological polar surface area (TPSA) is 88.8 Å². The molecule has 0 aliphatic carbocycles. The molecule has 0 unspecified atom stereocenters. The SMILES string of the molecule is O=C1CN(C(=O)COC(=O)c2ccc(Br)o2)c2ccccc2N1. The zero-order valence-electron chi connectivity index (χ0n) is 11.7. The van der Waals surface area contributed by atoms with Crippen LogP contribution < -0.4 is 10.2 Å². The van der Waals surface area contributed by atoms with Crippen LogP contribution in [-0.4, -0.2) is 30.9 Å². The number of nitrogens with zero attached hydrogens (tertiary/aromatic N) is 1. The van der Waals surface area contributed by atoms with Gasteiger partial charge in [0, 0.05) is 0 Å². The van der Waals surface area contributed by atoms with Gasteiger partial charge in [0.15, 0.2) is 11.3 Å². The van der Waals surface area contributed by atoms with Crippen molar-refractivity contribution in [1.82, 2.24) is 0 Å². The van der Waals surface area contributed by atoms with Crippen LogP contribution in [0.1, 0.15) is 10.6 Å². The van der Waals surface area contributed by atoms with Crippen molar-refractivity contribution in [2.45, 2.75) is 0 Å². The molecule has 0 fully saturated rings. The molecule has 118 valence electrons. The van der Waals surface area contributed by atoms with Crippen LogP contribution in [-0.2, 0) is 14.3 Å². The molecular formula is C15H11BrN2O5. The van der Waals surface area contributed by atoms with Crippen molar-refractivity contribution in [2.75, 3.05) is 23.4 Å². The lowest BCUT2D eigenvalue weighted by atomic mass is 10.2. The minimum atomic E-state index is -0.751. The first-order chi connectivity index (χ1) is 11.0. The van der Waals surface area contributed by atoms with Gasteiger partial charge in [0.2, 0.25) is 11.7 Å². The Morgan fingerprint density at radius 2 is 2.04 bits per heavy atom. The first kappa shape index (κ1) is 15.3. The van der Waals surface area contributed by atoms with E-state index in [1.807, 2.05) is 0 Å². The fourth-order valence-corrected chi connectivity index (χ4v) is 2.46. The highest BCUT2D eigenvalue weighted by Gasteiger charge is 2.27. The summed E-state index contributed by atoms with van der Waals surface area (Å²) >= 11 is 3.07. The average molecular weight is 379 g/mol. The van der Waals surface area contributed by atoms with Crippen molar-refractivity contribution >= 4 is 45.1 Å². The third-order valence-corrected chi connectivity index (χ3v) is 3.60. The predicted octanol–water partition coefficient (Wildman–Crippen LogP) is 2.18. The number of halogens is 1. The Morgan fingerprint density at radius 3 is 2.78 bits per heavy atom. The van der Waals surface area contributed by atoms with Crippen molar-refractivity contribution in [2.24, 2.45) is 0 Å². The Hall–Kier alpha value is -2.61. The van der Waals surface area contributed by atoms with Gasteiger partial charge in [-0.3, -0.25) is 14.5 Å². The summed E-state index contributed by atoms with van der Waals surface area (Å²) in [4.78, 5) is 37.0. The Kier molecular flexibility index (Phi) is 4.16. The number of para-hydroxylation sites is 2. The molecule has 0 saturated heterocycles. The molecule has 3 rings (SSSR count). The van der Waals surface area contributed by atoms with Crippen LogP contribution in [0.2, 0.25) is 0 Å². The normalized spacial score (nSPS) is 13.3. The molecule has 1 aliphatic heterocycles. The number of ether oxygens (including phenoxy) is 1. The molecular weight excluding hydrogens is 368 g/mol. The maximum atomic E-state index is 12.3. The third kappa shape index (κ3) is 3.26. The van der Waals surface area contributed by atoms with E-state index in [0.29, 0.717) is 16.0 Å². The molecule has 1 aromatic carbocycles. The summed E-state index contributed by atoms with van der Waals surface area (Å²) in [5, 5.41) is 2.68. The molecule has 1 aliphatic rings. The van der Waals surface area contributed by atoms with E-state index in [9.17, 15) is 14.4 Å². The van der Waals surface area contributed by atoms with Gasteiger partial charge in [0.1, 0.15) is 6.54 Å². The minimum Gasteiger partial charge on any atom is -0.450 e. The van der Waals surface area contributed by atoms with Gasteiger partial charge < -0.3 is 14.5 Å². The van der Waals surface area contributed by atoms with Crippen molar-refractivity contribution in [1.29, 1.82) is 0 Å². The van der Waals surface area contributed by atoms with Crippen molar-refractivity contribution in [3.63, 3.8) is 0 Å². The second-order valence-electron chi connectivity index (χ2n) is 4.73. The Morgan fingerprint density at radius 1 is 1.26 bits per heavy atom. The number of hydrogen-bond donors (Lipinski definition) is 1. The number of amides is 2. The molecule has 0 spiro atoms. The van der Waals surface area contributed by atoms with E-state index in [-0.39, 0.29) is 18.2 Å². The minimum absolute atomic E-state index is 0.0125. The van der Waals surface area contributed by atoms with Gasteiger partial charge in [0.05, 0.1) is 11.4 Å². The highest BCUT2D eigenvalue weighted by Crippen LogP contribution is 2.28. The van der Waals surface area contributed by atoms with E-state index < -0.39 is 18.5 Å². The second-order valence-corrected chi connectivity index (χ2v) is 5.51. The first-order valence-electron chi connectivity index (χ1n) is 6.66. The number of hydrogen-bond acceptors (Lipinski definition) is 5. The second kappa shape index (κ2) is 6.25. The summed E-state index contributed by atoms with van der Waals surface area (Å²) in [5.74, 6) is -1.56. The predicted molar refractivity (Wildman–Crippen MR) is 84.1 cm³/mol. The van der Waals surface area contributed by atoms with Gasteiger partial charge in [-0.25, -0.2) is 4.79 Å². The van der Waals surface area contributed by atoms with Crippen molar-refractivity contribution in [3.05, 3.63) is 46.8 Å². The first-order valence-corrected chi connectivity index (χ1v) is 7.45. The van der Waals surface area contributed by atoms with Gasteiger partial charge in [0.25, 0.3) is 5.91 Å². The highest BCUT2D eigenvalue weighted by molar-refractivity contribution is 9.10.